The van der Waals surface area contributed by atoms with E-state index in [9.17, 15) is 0 Å². The molecule has 2 aliphatic carbocycles. The molecule has 0 unspecified atom stereocenters. The van der Waals surface area contributed by atoms with Crippen LogP contribution >= 0.6 is 0 Å². The zero-order chi connectivity index (χ0) is 9.36. The van der Waals surface area contributed by atoms with Gasteiger partial charge in [0.1, 0.15) is 0 Å². The number of rotatable bonds is 3. The molecule has 76 valence electrons. The van der Waals surface area contributed by atoms with Crippen LogP contribution in [0, 0.1) is 0 Å². The quantitative estimate of drug-likeness (QED) is 0.698. The first-order valence-electron chi connectivity index (χ1n) is 5.66. The maximum Gasteiger partial charge on any atom is 0.0282 e. The number of hydrogen-bond donors (Lipinski definition) is 2. The molecule has 3 N–H and O–H groups in total. The summed E-state index contributed by atoms with van der Waals surface area (Å²) in [7, 11) is 0. The molecule has 2 heteroatoms. The zero-order valence-electron chi connectivity index (χ0n) is 8.73. The molecule has 0 bridgehead atoms. The summed E-state index contributed by atoms with van der Waals surface area (Å²) >= 11 is 0. The van der Waals surface area contributed by atoms with Gasteiger partial charge in [0.15, 0.2) is 0 Å². The Morgan fingerprint density at radius 1 is 1.08 bits per heavy atom. The van der Waals surface area contributed by atoms with Crippen LogP contribution in [0.15, 0.2) is 0 Å². The van der Waals surface area contributed by atoms with Crippen LogP contribution in [0.4, 0.5) is 0 Å². The molecular formula is C11H22N2. The highest BCUT2D eigenvalue weighted by Crippen LogP contribution is 2.33. The molecule has 0 aliphatic heterocycles. The minimum absolute atomic E-state index is 0.167. The lowest BCUT2D eigenvalue weighted by Crippen LogP contribution is -2.49. The van der Waals surface area contributed by atoms with Gasteiger partial charge in [-0.25, -0.2) is 0 Å². The smallest absolute Gasteiger partial charge is 0.0282 e. The van der Waals surface area contributed by atoms with Crippen LogP contribution < -0.4 is 11.1 Å². The lowest BCUT2D eigenvalue weighted by Gasteiger charge is -2.35. The van der Waals surface area contributed by atoms with Crippen LogP contribution in [-0.4, -0.2) is 17.6 Å². The second-order valence-corrected chi connectivity index (χ2v) is 5.34. The summed E-state index contributed by atoms with van der Waals surface area (Å²) in [6.45, 7) is 3.39. The Bertz CT molecular complexity index is 179. The fraction of sp³-hybridized carbons (Fsp3) is 1.00. The highest BCUT2D eigenvalue weighted by molar-refractivity contribution is 5.02. The molecule has 0 saturated heterocycles. The summed E-state index contributed by atoms with van der Waals surface area (Å²) in [4.78, 5) is 0. The van der Waals surface area contributed by atoms with Crippen molar-refractivity contribution >= 4 is 0 Å². The third-order valence-corrected chi connectivity index (χ3v) is 3.72. The van der Waals surface area contributed by atoms with Crippen LogP contribution in [-0.2, 0) is 0 Å². The zero-order valence-corrected chi connectivity index (χ0v) is 8.73. The Morgan fingerprint density at radius 2 is 1.69 bits per heavy atom. The predicted molar refractivity (Wildman–Crippen MR) is 55.6 cm³/mol. The first kappa shape index (κ1) is 9.47. The van der Waals surface area contributed by atoms with Gasteiger partial charge in [-0.05, 0) is 32.6 Å². The summed E-state index contributed by atoms with van der Waals surface area (Å²) in [6, 6.07) is 0. The van der Waals surface area contributed by atoms with Gasteiger partial charge < -0.3 is 11.1 Å². The van der Waals surface area contributed by atoms with E-state index in [0.29, 0.717) is 5.54 Å². The van der Waals surface area contributed by atoms with Gasteiger partial charge in [-0.3, -0.25) is 0 Å². The van der Waals surface area contributed by atoms with E-state index in [2.05, 4.69) is 12.2 Å². The van der Waals surface area contributed by atoms with E-state index in [1.807, 2.05) is 0 Å². The van der Waals surface area contributed by atoms with Crippen molar-refractivity contribution in [2.75, 3.05) is 6.54 Å². The molecule has 2 saturated carbocycles. The van der Waals surface area contributed by atoms with Crippen molar-refractivity contribution in [1.29, 1.82) is 0 Å². The average Bonchev–Trinajstić information content (AvgIpc) is 2.84. The van der Waals surface area contributed by atoms with Gasteiger partial charge in [-0.1, -0.05) is 19.3 Å². The maximum absolute atomic E-state index is 6.06. The molecule has 2 nitrogen and oxygen atoms in total. The fourth-order valence-corrected chi connectivity index (χ4v) is 2.24. The van der Waals surface area contributed by atoms with Crippen molar-refractivity contribution in [1.82, 2.24) is 5.32 Å². The SMILES string of the molecule is CC1(NCC2(N)CC2)CCCCC1. The van der Waals surface area contributed by atoms with E-state index < -0.39 is 0 Å². The molecular weight excluding hydrogens is 160 g/mol. The van der Waals surface area contributed by atoms with Gasteiger partial charge in [0.05, 0.1) is 0 Å². The minimum atomic E-state index is 0.167. The second kappa shape index (κ2) is 3.25. The third-order valence-electron chi connectivity index (χ3n) is 3.72. The summed E-state index contributed by atoms with van der Waals surface area (Å²) < 4.78 is 0. The van der Waals surface area contributed by atoms with Crippen LogP contribution in [0.3, 0.4) is 0 Å². The van der Waals surface area contributed by atoms with Crippen LogP contribution in [0.5, 0.6) is 0 Å². The van der Waals surface area contributed by atoms with Crippen molar-refractivity contribution in [2.24, 2.45) is 5.73 Å². The van der Waals surface area contributed by atoms with E-state index in [1.54, 1.807) is 0 Å². The van der Waals surface area contributed by atoms with Crippen molar-refractivity contribution in [3.8, 4) is 0 Å². The Kier molecular flexibility index (Phi) is 2.37. The van der Waals surface area contributed by atoms with Crippen molar-refractivity contribution < 1.29 is 0 Å². The number of nitrogens with two attached hydrogens (primary N) is 1. The van der Waals surface area contributed by atoms with Gasteiger partial charge in [0.2, 0.25) is 0 Å². The fourth-order valence-electron chi connectivity index (χ4n) is 2.24. The summed E-state index contributed by atoms with van der Waals surface area (Å²) in [6.07, 6.45) is 9.31. The second-order valence-electron chi connectivity index (χ2n) is 5.34. The molecule has 0 aromatic heterocycles. The molecule has 2 rings (SSSR count). The first-order chi connectivity index (χ1) is 6.12. The summed E-state index contributed by atoms with van der Waals surface area (Å²) in [5, 5.41) is 3.68. The normalized spacial score (nSPS) is 30.0. The van der Waals surface area contributed by atoms with Crippen molar-refractivity contribution in [3.05, 3.63) is 0 Å². The van der Waals surface area contributed by atoms with E-state index in [-0.39, 0.29) is 5.54 Å². The lowest BCUT2D eigenvalue weighted by atomic mass is 9.83. The lowest BCUT2D eigenvalue weighted by molar-refractivity contribution is 0.247. The highest BCUT2D eigenvalue weighted by Gasteiger charge is 2.39. The maximum atomic E-state index is 6.06. The van der Waals surface area contributed by atoms with Crippen LogP contribution in [0.25, 0.3) is 0 Å². The van der Waals surface area contributed by atoms with Crippen molar-refractivity contribution in [2.45, 2.75) is 62.9 Å². The standard InChI is InChI=1S/C11H22N2/c1-10(5-3-2-4-6-10)13-9-11(12)7-8-11/h13H,2-9,12H2,1H3. The molecule has 0 spiro atoms. The molecule has 0 amide bonds. The number of hydrogen-bond acceptors (Lipinski definition) is 2. The summed E-state index contributed by atoms with van der Waals surface area (Å²) in [5.74, 6) is 0. The number of nitrogens with one attached hydrogen (secondary N) is 1. The van der Waals surface area contributed by atoms with Crippen LogP contribution in [0.2, 0.25) is 0 Å². The Hall–Kier alpha value is -0.0800. The topological polar surface area (TPSA) is 38.0 Å². The van der Waals surface area contributed by atoms with Gasteiger partial charge in [-0.2, -0.15) is 0 Å². The Labute approximate surface area is 81.3 Å². The molecule has 0 aromatic carbocycles. The Balaban J connectivity index is 1.77. The molecule has 2 fully saturated rings. The minimum Gasteiger partial charge on any atom is -0.324 e. The van der Waals surface area contributed by atoms with E-state index >= 15 is 0 Å². The van der Waals surface area contributed by atoms with Gasteiger partial charge >= 0.3 is 0 Å². The summed E-state index contributed by atoms with van der Waals surface area (Å²) in [5.41, 5.74) is 6.62. The average molecular weight is 182 g/mol. The van der Waals surface area contributed by atoms with Crippen molar-refractivity contribution in [3.63, 3.8) is 0 Å². The molecule has 0 atom stereocenters. The molecule has 2 aliphatic rings. The van der Waals surface area contributed by atoms with Crippen LogP contribution in [0.1, 0.15) is 51.9 Å². The predicted octanol–water partition coefficient (Wildman–Crippen LogP) is 1.79. The third kappa shape index (κ3) is 2.44. The molecule has 0 aromatic rings. The molecule has 0 heterocycles. The molecule has 0 radical (unpaired) electrons. The molecule has 13 heavy (non-hydrogen) atoms. The van der Waals surface area contributed by atoms with E-state index in [0.717, 1.165) is 6.54 Å². The van der Waals surface area contributed by atoms with E-state index in [1.165, 1.54) is 44.9 Å². The van der Waals surface area contributed by atoms with Gasteiger partial charge in [0.25, 0.3) is 0 Å². The van der Waals surface area contributed by atoms with E-state index in [4.69, 9.17) is 5.73 Å². The monoisotopic (exact) mass is 182 g/mol. The largest absolute Gasteiger partial charge is 0.324 e. The first-order valence-corrected chi connectivity index (χ1v) is 5.66. The highest BCUT2D eigenvalue weighted by atomic mass is 15.0. The van der Waals surface area contributed by atoms with Gasteiger partial charge in [0, 0.05) is 17.6 Å². The van der Waals surface area contributed by atoms with Gasteiger partial charge in [-0.15, -0.1) is 0 Å². The Morgan fingerprint density at radius 3 is 2.23 bits per heavy atom.